The highest BCUT2D eigenvalue weighted by Crippen LogP contribution is 2.27. The van der Waals surface area contributed by atoms with Gasteiger partial charge in [-0.15, -0.1) is 0 Å². The van der Waals surface area contributed by atoms with Crippen LogP contribution in [0.4, 0.5) is 0 Å². The summed E-state index contributed by atoms with van der Waals surface area (Å²) >= 11 is 0. The third kappa shape index (κ3) is 6.42. The number of rotatable bonds is 8. The van der Waals surface area contributed by atoms with Gasteiger partial charge in [0.25, 0.3) is 0 Å². The molecule has 1 nitrogen and oxygen atoms in total. The summed E-state index contributed by atoms with van der Waals surface area (Å²) in [5.41, 5.74) is 0.519. The van der Waals surface area contributed by atoms with E-state index in [1.54, 1.807) is 0 Å². The van der Waals surface area contributed by atoms with Crippen molar-refractivity contribution in [1.82, 2.24) is 5.32 Å². The molecule has 0 rings (SSSR count). The van der Waals surface area contributed by atoms with Gasteiger partial charge in [-0.3, -0.25) is 0 Å². The van der Waals surface area contributed by atoms with E-state index in [2.05, 4.69) is 39.9 Å². The van der Waals surface area contributed by atoms with Crippen LogP contribution in [0.5, 0.6) is 0 Å². The first-order valence-corrected chi connectivity index (χ1v) is 6.24. The van der Waals surface area contributed by atoms with Gasteiger partial charge in [0.05, 0.1) is 0 Å². The van der Waals surface area contributed by atoms with Gasteiger partial charge in [0, 0.05) is 6.54 Å². The number of hydrogen-bond acceptors (Lipinski definition) is 1. The Bertz CT molecular complexity index is 131. The van der Waals surface area contributed by atoms with Crippen LogP contribution in [0.3, 0.4) is 0 Å². The van der Waals surface area contributed by atoms with Crippen molar-refractivity contribution in [3.8, 4) is 0 Å². The van der Waals surface area contributed by atoms with Crippen LogP contribution in [0.15, 0.2) is 0 Å². The second-order valence-corrected chi connectivity index (χ2v) is 5.29. The Kier molecular flexibility index (Phi) is 7.26. The van der Waals surface area contributed by atoms with E-state index in [-0.39, 0.29) is 0 Å². The monoisotopic (exact) mass is 199 g/mol. The molecule has 0 amide bonds. The summed E-state index contributed by atoms with van der Waals surface area (Å²) in [6.45, 7) is 13.9. The molecule has 14 heavy (non-hydrogen) atoms. The minimum atomic E-state index is 0.519. The lowest BCUT2D eigenvalue weighted by Crippen LogP contribution is -2.33. The lowest BCUT2D eigenvalue weighted by Gasteiger charge is -2.29. The molecular formula is C13H29N. The fraction of sp³-hybridized carbons (Fsp3) is 1.00. The molecule has 0 saturated carbocycles. The molecule has 0 aromatic heterocycles. The van der Waals surface area contributed by atoms with Crippen molar-refractivity contribution in [3.63, 3.8) is 0 Å². The topological polar surface area (TPSA) is 12.0 Å². The summed E-state index contributed by atoms with van der Waals surface area (Å²) in [6.07, 6.45) is 5.34. The highest BCUT2D eigenvalue weighted by molar-refractivity contribution is 4.75. The summed E-state index contributed by atoms with van der Waals surface area (Å²) < 4.78 is 0. The third-order valence-corrected chi connectivity index (χ3v) is 3.09. The molecule has 0 aliphatic heterocycles. The van der Waals surface area contributed by atoms with Gasteiger partial charge in [0.15, 0.2) is 0 Å². The second-order valence-electron chi connectivity index (χ2n) is 5.29. The number of unbranched alkanes of at least 4 members (excludes halogenated alkanes) is 1. The van der Waals surface area contributed by atoms with E-state index in [1.807, 2.05) is 0 Å². The molecule has 0 aromatic rings. The molecule has 0 bridgehead atoms. The molecule has 1 unspecified atom stereocenters. The fourth-order valence-corrected chi connectivity index (χ4v) is 1.66. The Morgan fingerprint density at radius 3 is 2.29 bits per heavy atom. The maximum Gasteiger partial charge on any atom is 0.000517 e. The lowest BCUT2D eigenvalue weighted by atomic mass is 9.82. The van der Waals surface area contributed by atoms with Crippen LogP contribution in [-0.4, -0.2) is 13.1 Å². The van der Waals surface area contributed by atoms with Gasteiger partial charge < -0.3 is 5.32 Å². The highest BCUT2D eigenvalue weighted by atomic mass is 14.9. The first-order valence-electron chi connectivity index (χ1n) is 6.24. The zero-order chi connectivity index (χ0) is 11.0. The van der Waals surface area contributed by atoms with Gasteiger partial charge in [-0.2, -0.15) is 0 Å². The molecule has 1 atom stereocenters. The zero-order valence-electron chi connectivity index (χ0n) is 10.8. The van der Waals surface area contributed by atoms with Crippen molar-refractivity contribution in [2.24, 2.45) is 11.3 Å². The summed E-state index contributed by atoms with van der Waals surface area (Å²) in [5.74, 6) is 0.766. The van der Waals surface area contributed by atoms with Gasteiger partial charge in [-0.1, -0.05) is 47.5 Å². The number of nitrogens with one attached hydrogen (secondary N) is 1. The average Bonchev–Trinajstić information content (AvgIpc) is 2.14. The minimum absolute atomic E-state index is 0.519. The Balaban J connectivity index is 3.74. The molecular weight excluding hydrogens is 170 g/mol. The van der Waals surface area contributed by atoms with Crippen LogP contribution < -0.4 is 5.32 Å². The van der Waals surface area contributed by atoms with Crippen LogP contribution in [0, 0.1) is 11.3 Å². The molecule has 0 aliphatic carbocycles. The maximum absolute atomic E-state index is 3.59. The van der Waals surface area contributed by atoms with E-state index in [0.29, 0.717) is 5.41 Å². The van der Waals surface area contributed by atoms with E-state index < -0.39 is 0 Å². The molecule has 86 valence electrons. The summed E-state index contributed by atoms with van der Waals surface area (Å²) in [4.78, 5) is 0. The standard InChI is InChI=1S/C13H29N/c1-6-8-9-13(5,7-2)11-14-10-12(3)4/h12,14H,6-11H2,1-5H3. The normalized spacial score (nSPS) is 15.9. The third-order valence-electron chi connectivity index (χ3n) is 3.09. The second kappa shape index (κ2) is 7.28. The predicted molar refractivity (Wildman–Crippen MR) is 65.6 cm³/mol. The Morgan fingerprint density at radius 2 is 1.86 bits per heavy atom. The molecule has 0 heterocycles. The molecule has 1 N–H and O–H groups in total. The zero-order valence-corrected chi connectivity index (χ0v) is 10.8. The van der Waals surface area contributed by atoms with Gasteiger partial charge in [-0.25, -0.2) is 0 Å². The molecule has 0 saturated heterocycles. The maximum atomic E-state index is 3.59. The SMILES string of the molecule is CCCCC(C)(CC)CNCC(C)C. The predicted octanol–water partition coefficient (Wildman–Crippen LogP) is 3.84. The lowest BCUT2D eigenvalue weighted by molar-refractivity contribution is 0.258. The van der Waals surface area contributed by atoms with Crippen molar-refractivity contribution in [2.75, 3.05) is 13.1 Å². The molecule has 0 fully saturated rings. The molecule has 1 heteroatoms. The van der Waals surface area contributed by atoms with E-state index >= 15 is 0 Å². The van der Waals surface area contributed by atoms with Gasteiger partial charge in [0.2, 0.25) is 0 Å². The van der Waals surface area contributed by atoms with E-state index in [4.69, 9.17) is 0 Å². The van der Waals surface area contributed by atoms with E-state index in [0.717, 1.165) is 12.5 Å². The molecule has 0 spiro atoms. The van der Waals surface area contributed by atoms with Crippen LogP contribution in [-0.2, 0) is 0 Å². The fourth-order valence-electron chi connectivity index (χ4n) is 1.66. The summed E-state index contributed by atoms with van der Waals surface area (Å²) in [7, 11) is 0. The smallest absolute Gasteiger partial charge is 0.000517 e. The van der Waals surface area contributed by atoms with Gasteiger partial charge in [-0.05, 0) is 30.7 Å². The van der Waals surface area contributed by atoms with Crippen molar-refractivity contribution in [3.05, 3.63) is 0 Å². The average molecular weight is 199 g/mol. The van der Waals surface area contributed by atoms with Gasteiger partial charge >= 0.3 is 0 Å². The minimum Gasteiger partial charge on any atom is -0.316 e. The van der Waals surface area contributed by atoms with Crippen LogP contribution >= 0.6 is 0 Å². The van der Waals surface area contributed by atoms with Crippen LogP contribution in [0.2, 0.25) is 0 Å². The molecule has 0 radical (unpaired) electrons. The molecule has 0 aliphatic rings. The van der Waals surface area contributed by atoms with Crippen molar-refractivity contribution >= 4 is 0 Å². The van der Waals surface area contributed by atoms with Crippen molar-refractivity contribution in [2.45, 2.75) is 60.3 Å². The van der Waals surface area contributed by atoms with Crippen molar-refractivity contribution < 1.29 is 0 Å². The quantitative estimate of drug-likeness (QED) is 0.626. The number of hydrogen-bond donors (Lipinski definition) is 1. The first kappa shape index (κ1) is 14.0. The Morgan fingerprint density at radius 1 is 1.21 bits per heavy atom. The molecule has 0 aromatic carbocycles. The summed E-state index contributed by atoms with van der Waals surface area (Å²) in [5, 5.41) is 3.59. The van der Waals surface area contributed by atoms with Crippen LogP contribution in [0.1, 0.15) is 60.3 Å². The van der Waals surface area contributed by atoms with Crippen LogP contribution in [0.25, 0.3) is 0 Å². The van der Waals surface area contributed by atoms with E-state index in [1.165, 1.54) is 32.2 Å². The Hall–Kier alpha value is -0.0400. The first-order chi connectivity index (χ1) is 6.54. The Labute approximate surface area is 90.7 Å². The van der Waals surface area contributed by atoms with E-state index in [9.17, 15) is 0 Å². The largest absolute Gasteiger partial charge is 0.316 e. The summed E-state index contributed by atoms with van der Waals surface area (Å²) in [6, 6.07) is 0. The van der Waals surface area contributed by atoms with Gasteiger partial charge in [0.1, 0.15) is 0 Å². The van der Waals surface area contributed by atoms with Crippen molar-refractivity contribution in [1.29, 1.82) is 0 Å². The highest BCUT2D eigenvalue weighted by Gasteiger charge is 2.20.